The van der Waals surface area contributed by atoms with E-state index in [0.717, 1.165) is 44.6 Å². The van der Waals surface area contributed by atoms with E-state index in [9.17, 15) is 19.2 Å². The number of amides is 4. The standard InChI is InChI=1S/C32H33N3O5S/c1-19(2)25-8-6-7-9-26(25)33-29(37)18-40-24-12-10-23(11-13-24)16-27-31(38)35(32(39)41-27)17-28(36)34-30-21(4)14-20(3)15-22(30)5/h6-16,19H,17-18H2,1-5H3,(H,33,37)(H,34,36)/b27-16+. The Morgan fingerprint density at radius 3 is 2.24 bits per heavy atom. The molecule has 0 unspecified atom stereocenters. The van der Waals surface area contributed by atoms with Gasteiger partial charge in [0.1, 0.15) is 12.3 Å². The minimum atomic E-state index is -0.522. The molecule has 1 saturated heterocycles. The molecule has 0 bridgehead atoms. The van der Waals surface area contributed by atoms with Crippen LogP contribution in [-0.2, 0) is 14.4 Å². The van der Waals surface area contributed by atoms with Crippen molar-refractivity contribution < 1.29 is 23.9 Å². The van der Waals surface area contributed by atoms with E-state index in [2.05, 4.69) is 24.5 Å². The largest absolute Gasteiger partial charge is 0.484 e. The summed E-state index contributed by atoms with van der Waals surface area (Å²) in [7, 11) is 0. The number of carbonyl (C=O) groups excluding carboxylic acids is 4. The lowest BCUT2D eigenvalue weighted by Crippen LogP contribution is -2.36. The van der Waals surface area contributed by atoms with Gasteiger partial charge >= 0.3 is 0 Å². The van der Waals surface area contributed by atoms with Crippen molar-refractivity contribution in [2.45, 2.75) is 40.5 Å². The molecule has 41 heavy (non-hydrogen) atoms. The normalized spacial score (nSPS) is 14.1. The van der Waals surface area contributed by atoms with Gasteiger partial charge in [-0.15, -0.1) is 0 Å². The summed E-state index contributed by atoms with van der Waals surface area (Å²) in [6.07, 6.45) is 1.59. The number of aryl methyl sites for hydroxylation is 3. The second-order valence-electron chi connectivity index (χ2n) is 10.2. The van der Waals surface area contributed by atoms with Gasteiger partial charge in [0.15, 0.2) is 6.61 Å². The van der Waals surface area contributed by atoms with E-state index in [4.69, 9.17) is 4.74 Å². The van der Waals surface area contributed by atoms with Crippen LogP contribution in [0.2, 0.25) is 0 Å². The zero-order valence-corrected chi connectivity index (χ0v) is 24.6. The molecule has 0 atom stereocenters. The number of carbonyl (C=O) groups is 4. The van der Waals surface area contributed by atoms with Crippen molar-refractivity contribution in [3.05, 3.63) is 93.4 Å². The topological polar surface area (TPSA) is 105 Å². The summed E-state index contributed by atoms with van der Waals surface area (Å²) in [5, 5.41) is 5.22. The highest BCUT2D eigenvalue weighted by atomic mass is 32.2. The van der Waals surface area contributed by atoms with Gasteiger partial charge in [0.2, 0.25) is 5.91 Å². The van der Waals surface area contributed by atoms with Crippen molar-refractivity contribution in [2.75, 3.05) is 23.8 Å². The van der Waals surface area contributed by atoms with Gasteiger partial charge in [-0.3, -0.25) is 24.1 Å². The smallest absolute Gasteiger partial charge is 0.294 e. The molecule has 0 spiro atoms. The fraction of sp³-hybridized carbons (Fsp3) is 0.250. The molecular formula is C32H33N3O5S. The molecule has 3 aromatic rings. The number of anilines is 2. The van der Waals surface area contributed by atoms with Gasteiger partial charge in [0.25, 0.3) is 17.1 Å². The Kier molecular flexibility index (Phi) is 9.29. The minimum absolute atomic E-state index is 0.158. The lowest BCUT2D eigenvalue weighted by Gasteiger charge is -2.15. The number of imide groups is 1. The van der Waals surface area contributed by atoms with Crippen molar-refractivity contribution >= 4 is 52.2 Å². The molecule has 4 amide bonds. The Hall–Kier alpha value is -4.37. The fourth-order valence-electron chi connectivity index (χ4n) is 4.60. The van der Waals surface area contributed by atoms with Crippen LogP contribution in [0.15, 0.2) is 65.6 Å². The van der Waals surface area contributed by atoms with Crippen LogP contribution in [0.25, 0.3) is 6.08 Å². The third kappa shape index (κ3) is 7.43. The summed E-state index contributed by atoms with van der Waals surface area (Å²) < 4.78 is 5.62. The van der Waals surface area contributed by atoms with Crippen LogP contribution in [0.5, 0.6) is 5.75 Å². The average molecular weight is 572 g/mol. The summed E-state index contributed by atoms with van der Waals surface area (Å²) in [5.74, 6) is -0.479. The van der Waals surface area contributed by atoms with Gasteiger partial charge in [0, 0.05) is 11.4 Å². The van der Waals surface area contributed by atoms with Crippen molar-refractivity contribution in [2.24, 2.45) is 0 Å². The predicted octanol–water partition coefficient (Wildman–Crippen LogP) is 6.43. The Balaban J connectivity index is 1.33. The van der Waals surface area contributed by atoms with Crippen molar-refractivity contribution in [1.82, 2.24) is 4.90 Å². The number of hydrogen-bond acceptors (Lipinski definition) is 6. The van der Waals surface area contributed by atoms with Crippen molar-refractivity contribution in [3.8, 4) is 5.75 Å². The Labute approximate surface area is 244 Å². The number of ether oxygens (including phenoxy) is 1. The van der Waals surface area contributed by atoms with Crippen LogP contribution in [-0.4, -0.2) is 41.0 Å². The predicted molar refractivity (Wildman–Crippen MR) is 163 cm³/mol. The van der Waals surface area contributed by atoms with Gasteiger partial charge in [-0.1, -0.05) is 61.9 Å². The van der Waals surface area contributed by atoms with Crippen molar-refractivity contribution in [3.63, 3.8) is 0 Å². The molecule has 8 nitrogen and oxygen atoms in total. The lowest BCUT2D eigenvalue weighted by atomic mass is 10.0. The van der Waals surface area contributed by atoms with Gasteiger partial charge in [-0.25, -0.2) is 0 Å². The minimum Gasteiger partial charge on any atom is -0.484 e. The maximum absolute atomic E-state index is 12.9. The Morgan fingerprint density at radius 1 is 0.927 bits per heavy atom. The zero-order chi connectivity index (χ0) is 29.7. The molecule has 2 N–H and O–H groups in total. The molecule has 1 aliphatic heterocycles. The van der Waals surface area contributed by atoms with E-state index in [1.54, 1.807) is 30.3 Å². The van der Waals surface area contributed by atoms with Crippen LogP contribution < -0.4 is 15.4 Å². The summed E-state index contributed by atoms with van der Waals surface area (Å²) in [4.78, 5) is 51.7. The quantitative estimate of drug-likeness (QED) is 0.287. The number of benzene rings is 3. The molecule has 3 aromatic carbocycles. The number of thioether (sulfide) groups is 1. The Bertz CT molecular complexity index is 1510. The third-order valence-electron chi connectivity index (χ3n) is 6.52. The first-order chi connectivity index (χ1) is 19.5. The summed E-state index contributed by atoms with van der Waals surface area (Å²) in [5.41, 5.74) is 6.08. The average Bonchev–Trinajstić information content (AvgIpc) is 3.17. The van der Waals surface area contributed by atoms with Gasteiger partial charge in [-0.05, 0) is 85.0 Å². The van der Waals surface area contributed by atoms with E-state index in [1.165, 1.54) is 0 Å². The molecular weight excluding hydrogens is 538 g/mol. The van der Waals surface area contributed by atoms with Gasteiger partial charge < -0.3 is 15.4 Å². The van der Waals surface area contributed by atoms with E-state index in [0.29, 0.717) is 17.0 Å². The van der Waals surface area contributed by atoms with E-state index in [-0.39, 0.29) is 29.9 Å². The zero-order valence-electron chi connectivity index (χ0n) is 23.7. The summed E-state index contributed by atoms with van der Waals surface area (Å²) in [6, 6.07) is 18.4. The molecule has 0 aromatic heterocycles. The van der Waals surface area contributed by atoms with E-state index < -0.39 is 17.1 Å². The number of para-hydroxylation sites is 1. The molecule has 1 heterocycles. The number of rotatable bonds is 9. The number of nitrogens with zero attached hydrogens (tertiary/aromatic N) is 1. The lowest BCUT2D eigenvalue weighted by molar-refractivity contribution is -0.127. The molecule has 212 valence electrons. The molecule has 9 heteroatoms. The van der Waals surface area contributed by atoms with Gasteiger partial charge in [-0.2, -0.15) is 0 Å². The highest BCUT2D eigenvalue weighted by Gasteiger charge is 2.36. The summed E-state index contributed by atoms with van der Waals surface area (Å²) >= 11 is 0.790. The monoisotopic (exact) mass is 571 g/mol. The number of hydrogen-bond donors (Lipinski definition) is 2. The fourth-order valence-corrected chi connectivity index (χ4v) is 5.44. The van der Waals surface area contributed by atoms with Crippen LogP contribution >= 0.6 is 11.8 Å². The van der Waals surface area contributed by atoms with Crippen LogP contribution in [0.1, 0.15) is 47.6 Å². The van der Waals surface area contributed by atoms with E-state index >= 15 is 0 Å². The SMILES string of the molecule is Cc1cc(C)c(NC(=O)CN2C(=O)S/C(=C/c3ccc(OCC(=O)Nc4ccccc4C(C)C)cc3)C2=O)c(C)c1. The van der Waals surface area contributed by atoms with Crippen LogP contribution in [0, 0.1) is 20.8 Å². The Morgan fingerprint density at radius 2 is 1.59 bits per heavy atom. The van der Waals surface area contributed by atoms with E-state index in [1.807, 2.05) is 57.2 Å². The van der Waals surface area contributed by atoms with Crippen molar-refractivity contribution in [1.29, 1.82) is 0 Å². The molecule has 0 saturated carbocycles. The second-order valence-corrected chi connectivity index (χ2v) is 11.2. The first kappa shape index (κ1) is 29.6. The maximum atomic E-state index is 12.9. The number of nitrogens with one attached hydrogen (secondary N) is 2. The highest BCUT2D eigenvalue weighted by Crippen LogP contribution is 2.32. The van der Waals surface area contributed by atoms with Crippen LogP contribution in [0.4, 0.5) is 16.2 Å². The maximum Gasteiger partial charge on any atom is 0.294 e. The first-order valence-corrected chi connectivity index (χ1v) is 14.1. The highest BCUT2D eigenvalue weighted by molar-refractivity contribution is 8.18. The van der Waals surface area contributed by atoms with Crippen LogP contribution in [0.3, 0.4) is 0 Å². The third-order valence-corrected chi connectivity index (χ3v) is 7.43. The summed E-state index contributed by atoms with van der Waals surface area (Å²) in [6.45, 7) is 9.38. The molecule has 1 aliphatic rings. The molecule has 1 fully saturated rings. The first-order valence-electron chi connectivity index (χ1n) is 13.3. The molecule has 4 rings (SSSR count). The molecule has 0 aliphatic carbocycles. The van der Waals surface area contributed by atoms with Gasteiger partial charge in [0.05, 0.1) is 4.91 Å². The molecule has 0 radical (unpaired) electrons. The second kappa shape index (κ2) is 12.9.